The number of pyridine rings is 1. The lowest BCUT2D eigenvalue weighted by Crippen LogP contribution is -2.07. The molecular formula is C14H13N3. The van der Waals surface area contributed by atoms with Crippen LogP contribution in [0, 0.1) is 11.3 Å². The van der Waals surface area contributed by atoms with Crippen LogP contribution >= 0.6 is 0 Å². The third-order valence-corrected chi connectivity index (χ3v) is 2.57. The van der Waals surface area contributed by atoms with Gasteiger partial charge < -0.3 is 5.32 Å². The van der Waals surface area contributed by atoms with E-state index in [4.69, 9.17) is 5.26 Å². The summed E-state index contributed by atoms with van der Waals surface area (Å²) in [7, 11) is 0. The van der Waals surface area contributed by atoms with Crippen LogP contribution < -0.4 is 5.32 Å². The monoisotopic (exact) mass is 223 g/mol. The minimum Gasteiger partial charge on any atom is -0.364 e. The summed E-state index contributed by atoms with van der Waals surface area (Å²) in [4.78, 5) is 4.21. The van der Waals surface area contributed by atoms with Crippen molar-refractivity contribution in [2.45, 2.75) is 13.0 Å². The minimum atomic E-state index is 0.164. The largest absolute Gasteiger partial charge is 0.364 e. The van der Waals surface area contributed by atoms with Crippen molar-refractivity contribution in [3.63, 3.8) is 0 Å². The molecule has 1 atom stereocenters. The number of benzene rings is 1. The number of nitrogens with zero attached hydrogens (tertiary/aromatic N) is 2. The Hall–Kier alpha value is -2.34. The van der Waals surface area contributed by atoms with E-state index in [0.29, 0.717) is 5.56 Å². The average molecular weight is 223 g/mol. The van der Waals surface area contributed by atoms with Gasteiger partial charge in [-0.3, -0.25) is 0 Å². The zero-order valence-electron chi connectivity index (χ0n) is 9.59. The molecule has 1 aromatic carbocycles. The Balaban J connectivity index is 2.10. The number of aromatic nitrogens is 1. The lowest BCUT2D eigenvalue weighted by molar-refractivity contribution is 0.874. The lowest BCUT2D eigenvalue weighted by atomic mass is 10.1. The Kier molecular flexibility index (Phi) is 3.37. The molecule has 0 saturated carbocycles. The van der Waals surface area contributed by atoms with Crippen molar-refractivity contribution >= 4 is 5.82 Å². The highest BCUT2D eigenvalue weighted by molar-refractivity contribution is 5.39. The standard InChI is InChI=1S/C14H13N3/c1-11(17-14-4-2-3-9-16-14)13-7-5-12(10-15)6-8-13/h2-9,11H,1H3,(H,16,17). The second kappa shape index (κ2) is 5.13. The first kappa shape index (κ1) is 11.2. The van der Waals surface area contributed by atoms with Crippen LogP contribution in [-0.4, -0.2) is 4.98 Å². The van der Waals surface area contributed by atoms with Crippen molar-refractivity contribution in [2.75, 3.05) is 5.32 Å². The zero-order chi connectivity index (χ0) is 12.1. The average Bonchev–Trinajstić information content (AvgIpc) is 2.40. The van der Waals surface area contributed by atoms with Gasteiger partial charge in [0.1, 0.15) is 5.82 Å². The normalized spacial score (nSPS) is 11.5. The smallest absolute Gasteiger partial charge is 0.126 e. The molecule has 0 fully saturated rings. The Morgan fingerprint density at radius 1 is 1.18 bits per heavy atom. The van der Waals surface area contributed by atoms with Crippen LogP contribution in [0.1, 0.15) is 24.1 Å². The topological polar surface area (TPSA) is 48.7 Å². The molecule has 2 aromatic rings. The molecule has 0 bridgehead atoms. The van der Waals surface area contributed by atoms with Gasteiger partial charge in [-0.25, -0.2) is 4.98 Å². The molecular weight excluding hydrogens is 210 g/mol. The zero-order valence-corrected chi connectivity index (χ0v) is 9.59. The fourth-order valence-corrected chi connectivity index (χ4v) is 1.60. The summed E-state index contributed by atoms with van der Waals surface area (Å²) in [6.45, 7) is 2.07. The number of hydrogen-bond acceptors (Lipinski definition) is 3. The molecule has 3 nitrogen and oxygen atoms in total. The van der Waals surface area contributed by atoms with Crippen LogP contribution in [0.4, 0.5) is 5.82 Å². The summed E-state index contributed by atoms with van der Waals surface area (Å²) in [5.41, 5.74) is 1.81. The molecule has 0 saturated heterocycles. The number of nitrogens with one attached hydrogen (secondary N) is 1. The van der Waals surface area contributed by atoms with Crippen molar-refractivity contribution in [2.24, 2.45) is 0 Å². The second-order valence-electron chi connectivity index (χ2n) is 3.81. The van der Waals surface area contributed by atoms with Gasteiger partial charge in [-0.05, 0) is 36.8 Å². The van der Waals surface area contributed by atoms with E-state index in [1.54, 1.807) is 6.20 Å². The maximum absolute atomic E-state index is 8.73. The van der Waals surface area contributed by atoms with Gasteiger partial charge in [0.2, 0.25) is 0 Å². The SMILES string of the molecule is CC(Nc1ccccn1)c1ccc(C#N)cc1. The molecule has 0 aliphatic heterocycles. The molecule has 0 aliphatic rings. The van der Waals surface area contributed by atoms with Crippen molar-refractivity contribution in [3.05, 3.63) is 59.8 Å². The maximum atomic E-state index is 8.73. The van der Waals surface area contributed by atoms with Gasteiger partial charge in [0, 0.05) is 12.2 Å². The summed E-state index contributed by atoms with van der Waals surface area (Å²) in [5, 5.41) is 12.0. The van der Waals surface area contributed by atoms with Crippen LogP contribution in [0.15, 0.2) is 48.7 Å². The molecule has 84 valence electrons. The lowest BCUT2D eigenvalue weighted by Gasteiger charge is -2.14. The molecule has 0 aliphatic carbocycles. The van der Waals surface area contributed by atoms with Gasteiger partial charge >= 0.3 is 0 Å². The third-order valence-electron chi connectivity index (χ3n) is 2.57. The van der Waals surface area contributed by atoms with E-state index in [2.05, 4.69) is 23.3 Å². The van der Waals surface area contributed by atoms with Gasteiger partial charge in [0.15, 0.2) is 0 Å². The summed E-state index contributed by atoms with van der Waals surface area (Å²) in [6.07, 6.45) is 1.76. The third kappa shape index (κ3) is 2.82. The van der Waals surface area contributed by atoms with E-state index < -0.39 is 0 Å². The maximum Gasteiger partial charge on any atom is 0.126 e. The Bertz CT molecular complexity index is 511. The van der Waals surface area contributed by atoms with E-state index in [1.807, 2.05) is 42.5 Å². The van der Waals surface area contributed by atoms with Crippen molar-refractivity contribution < 1.29 is 0 Å². The fraction of sp³-hybridized carbons (Fsp3) is 0.143. The van der Waals surface area contributed by atoms with E-state index in [9.17, 15) is 0 Å². The molecule has 0 spiro atoms. The highest BCUT2D eigenvalue weighted by Crippen LogP contribution is 2.17. The first-order valence-corrected chi connectivity index (χ1v) is 5.47. The predicted molar refractivity (Wildman–Crippen MR) is 67.4 cm³/mol. The minimum absolute atomic E-state index is 0.164. The van der Waals surface area contributed by atoms with Crippen molar-refractivity contribution in [1.82, 2.24) is 4.98 Å². The highest BCUT2D eigenvalue weighted by Gasteiger charge is 2.05. The highest BCUT2D eigenvalue weighted by atomic mass is 15.0. The van der Waals surface area contributed by atoms with Crippen LogP contribution in [0.5, 0.6) is 0 Å². The second-order valence-corrected chi connectivity index (χ2v) is 3.81. The number of rotatable bonds is 3. The molecule has 0 radical (unpaired) electrons. The Morgan fingerprint density at radius 3 is 2.53 bits per heavy atom. The molecule has 0 amide bonds. The summed E-state index contributed by atoms with van der Waals surface area (Å²) in [5.74, 6) is 0.851. The van der Waals surface area contributed by atoms with E-state index in [1.165, 1.54) is 0 Å². The molecule has 17 heavy (non-hydrogen) atoms. The van der Waals surface area contributed by atoms with Gasteiger partial charge in [0.05, 0.1) is 11.6 Å². The van der Waals surface area contributed by atoms with Crippen LogP contribution in [0.2, 0.25) is 0 Å². The molecule has 3 heteroatoms. The predicted octanol–water partition coefficient (Wildman–Crippen LogP) is 3.13. The van der Waals surface area contributed by atoms with Gasteiger partial charge in [0.25, 0.3) is 0 Å². The molecule has 1 N–H and O–H groups in total. The fourth-order valence-electron chi connectivity index (χ4n) is 1.60. The number of anilines is 1. The number of nitriles is 1. The summed E-state index contributed by atoms with van der Waals surface area (Å²) >= 11 is 0. The van der Waals surface area contributed by atoms with Crippen LogP contribution in [-0.2, 0) is 0 Å². The number of hydrogen-bond donors (Lipinski definition) is 1. The molecule has 1 unspecified atom stereocenters. The van der Waals surface area contributed by atoms with Crippen LogP contribution in [0.25, 0.3) is 0 Å². The molecule has 1 heterocycles. The molecule has 1 aromatic heterocycles. The Labute approximate surface area is 101 Å². The summed E-state index contributed by atoms with van der Waals surface area (Å²) in [6, 6.07) is 15.6. The van der Waals surface area contributed by atoms with Gasteiger partial charge in [-0.2, -0.15) is 5.26 Å². The first-order chi connectivity index (χ1) is 8.29. The van der Waals surface area contributed by atoms with E-state index in [0.717, 1.165) is 11.4 Å². The van der Waals surface area contributed by atoms with Gasteiger partial charge in [-0.15, -0.1) is 0 Å². The molecule has 2 rings (SSSR count). The van der Waals surface area contributed by atoms with Gasteiger partial charge in [-0.1, -0.05) is 18.2 Å². The van der Waals surface area contributed by atoms with E-state index >= 15 is 0 Å². The van der Waals surface area contributed by atoms with E-state index in [-0.39, 0.29) is 6.04 Å². The first-order valence-electron chi connectivity index (χ1n) is 5.47. The van der Waals surface area contributed by atoms with Crippen LogP contribution in [0.3, 0.4) is 0 Å². The Morgan fingerprint density at radius 2 is 1.94 bits per heavy atom. The van der Waals surface area contributed by atoms with Crippen molar-refractivity contribution in [3.8, 4) is 6.07 Å². The van der Waals surface area contributed by atoms with Crippen molar-refractivity contribution in [1.29, 1.82) is 5.26 Å². The summed E-state index contributed by atoms with van der Waals surface area (Å²) < 4.78 is 0. The quantitative estimate of drug-likeness (QED) is 0.869.